The van der Waals surface area contributed by atoms with Crippen molar-refractivity contribution in [2.24, 2.45) is 0 Å². The molecule has 130 valence electrons. The Kier molecular flexibility index (Phi) is 4.60. The third-order valence-corrected chi connectivity index (χ3v) is 4.24. The molecule has 1 saturated heterocycles. The summed E-state index contributed by atoms with van der Waals surface area (Å²) in [6.07, 6.45) is 1.24. The van der Waals surface area contributed by atoms with Crippen LogP contribution in [0.3, 0.4) is 0 Å². The second kappa shape index (κ2) is 6.84. The topological polar surface area (TPSA) is 79.6 Å². The lowest BCUT2D eigenvalue weighted by Crippen LogP contribution is -2.47. The summed E-state index contributed by atoms with van der Waals surface area (Å²) in [6, 6.07) is 7.57. The number of hydrogen-bond donors (Lipinski definition) is 0. The minimum absolute atomic E-state index is 0.0463. The Morgan fingerprint density at radius 3 is 2.36 bits per heavy atom. The van der Waals surface area contributed by atoms with Crippen molar-refractivity contribution in [1.29, 1.82) is 0 Å². The third-order valence-electron chi connectivity index (χ3n) is 4.24. The van der Waals surface area contributed by atoms with Gasteiger partial charge in [0.2, 0.25) is 0 Å². The van der Waals surface area contributed by atoms with Crippen LogP contribution in [0.2, 0.25) is 0 Å². The number of rotatable bonds is 4. The number of hydrogen-bond acceptors (Lipinski definition) is 6. The number of pyridine rings is 1. The number of ketones is 1. The predicted octanol–water partition coefficient (Wildman–Crippen LogP) is 2.66. The minimum atomic E-state index is -0.484. The van der Waals surface area contributed by atoms with Crippen molar-refractivity contribution in [1.82, 2.24) is 4.98 Å². The van der Waals surface area contributed by atoms with Crippen LogP contribution in [0.1, 0.15) is 17.3 Å². The first-order chi connectivity index (χ1) is 12.0. The molecule has 1 aliphatic heterocycles. The largest absolute Gasteiger partial charge is 0.366 e. The van der Waals surface area contributed by atoms with Crippen molar-refractivity contribution in [3.05, 3.63) is 58.0 Å². The number of carbonyl (C=O) groups excluding carboxylic acids is 1. The van der Waals surface area contributed by atoms with Crippen LogP contribution in [0.4, 0.5) is 21.6 Å². The van der Waals surface area contributed by atoms with Crippen LogP contribution in [0.5, 0.6) is 0 Å². The smallest absolute Gasteiger partial charge is 0.287 e. The molecule has 2 heterocycles. The van der Waals surface area contributed by atoms with Crippen LogP contribution in [0, 0.1) is 15.9 Å². The molecule has 1 aromatic carbocycles. The highest BCUT2D eigenvalue weighted by Crippen LogP contribution is 2.24. The van der Waals surface area contributed by atoms with Gasteiger partial charge in [0.15, 0.2) is 5.78 Å². The Morgan fingerprint density at radius 1 is 1.16 bits per heavy atom. The Labute approximate surface area is 143 Å². The van der Waals surface area contributed by atoms with E-state index in [-0.39, 0.29) is 11.5 Å². The first-order valence-corrected chi connectivity index (χ1v) is 7.86. The van der Waals surface area contributed by atoms with Crippen LogP contribution < -0.4 is 9.80 Å². The molecule has 0 spiro atoms. The Hall–Kier alpha value is -3.03. The molecule has 0 amide bonds. The third kappa shape index (κ3) is 3.57. The Bertz CT molecular complexity index is 802. The number of anilines is 2. The minimum Gasteiger partial charge on any atom is -0.366 e. The Morgan fingerprint density at radius 2 is 1.84 bits per heavy atom. The van der Waals surface area contributed by atoms with Gasteiger partial charge in [-0.25, -0.2) is 9.37 Å². The molecule has 3 rings (SSSR count). The number of benzene rings is 1. The van der Waals surface area contributed by atoms with Gasteiger partial charge in [-0.2, -0.15) is 0 Å². The molecule has 0 unspecified atom stereocenters. The maximum Gasteiger partial charge on any atom is 0.287 e. The molecule has 0 N–H and O–H groups in total. The van der Waals surface area contributed by atoms with Crippen molar-refractivity contribution in [3.8, 4) is 0 Å². The van der Waals surface area contributed by atoms with Gasteiger partial charge in [-0.05, 0) is 31.2 Å². The number of nitrogens with zero attached hydrogens (tertiary/aromatic N) is 4. The summed E-state index contributed by atoms with van der Waals surface area (Å²) in [5.74, 6) is 0.0896. The molecule has 25 heavy (non-hydrogen) atoms. The molecule has 7 nitrogen and oxygen atoms in total. The van der Waals surface area contributed by atoms with E-state index < -0.39 is 10.7 Å². The maximum atomic E-state index is 14.3. The number of halogens is 1. The molecular formula is C17H17FN4O3. The fourth-order valence-electron chi connectivity index (χ4n) is 2.83. The van der Waals surface area contributed by atoms with Gasteiger partial charge in [-0.3, -0.25) is 14.9 Å². The predicted molar refractivity (Wildman–Crippen MR) is 91.7 cm³/mol. The van der Waals surface area contributed by atoms with Crippen LogP contribution in [-0.2, 0) is 0 Å². The van der Waals surface area contributed by atoms with Crippen molar-refractivity contribution >= 4 is 23.0 Å². The number of nitro groups is 1. The van der Waals surface area contributed by atoms with Crippen LogP contribution in [0.15, 0.2) is 36.5 Å². The molecule has 0 aliphatic carbocycles. The molecule has 0 atom stereocenters. The number of Topliss-reactive ketones (excluding diaryl/α,β-unsaturated/α-hetero) is 1. The lowest BCUT2D eigenvalue weighted by Gasteiger charge is -2.36. The quantitative estimate of drug-likeness (QED) is 0.482. The molecule has 8 heteroatoms. The molecule has 1 aliphatic rings. The van der Waals surface area contributed by atoms with Gasteiger partial charge in [0, 0.05) is 37.8 Å². The molecule has 0 bridgehead atoms. The first-order valence-electron chi connectivity index (χ1n) is 7.86. The monoisotopic (exact) mass is 344 g/mol. The van der Waals surface area contributed by atoms with Crippen molar-refractivity contribution in [2.45, 2.75) is 6.92 Å². The molecule has 0 radical (unpaired) electrons. The molecule has 1 aromatic heterocycles. The second-order valence-electron chi connectivity index (χ2n) is 5.83. The molecular weight excluding hydrogens is 327 g/mol. The number of carbonyl (C=O) groups is 1. The summed E-state index contributed by atoms with van der Waals surface area (Å²) in [5, 5.41) is 10.7. The van der Waals surface area contributed by atoms with E-state index in [1.807, 2.05) is 9.80 Å². The summed E-state index contributed by atoms with van der Waals surface area (Å²) >= 11 is 0. The normalized spacial score (nSPS) is 14.5. The zero-order chi connectivity index (χ0) is 18.0. The van der Waals surface area contributed by atoms with Gasteiger partial charge in [-0.15, -0.1) is 0 Å². The zero-order valence-corrected chi connectivity index (χ0v) is 13.7. The van der Waals surface area contributed by atoms with Gasteiger partial charge in [0.25, 0.3) is 5.69 Å². The van der Waals surface area contributed by atoms with Crippen molar-refractivity contribution in [2.75, 3.05) is 36.0 Å². The fourth-order valence-corrected chi connectivity index (χ4v) is 2.83. The first kappa shape index (κ1) is 16.8. The highest BCUT2D eigenvalue weighted by Gasteiger charge is 2.21. The summed E-state index contributed by atoms with van der Waals surface area (Å²) in [4.78, 5) is 29.6. The van der Waals surface area contributed by atoms with Gasteiger partial charge in [-0.1, -0.05) is 0 Å². The average molecular weight is 344 g/mol. The van der Waals surface area contributed by atoms with E-state index in [1.54, 1.807) is 18.2 Å². The molecule has 1 fully saturated rings. The lowest BCUT2D eigenvalue weighted by atomic mass is 10.1. The zero-order valence-electron chi connectivity index (χ0n) is 13.7. The van der Waals surface area contributed by atoms with Crippen LogP contribution in [-0.4, -0.2) is 41.9 Å². The summed E-state index contributed by atoms with van der Waals surface area (Å²) in [5.41, 5.74) is 0.784. The van der Waals surface area contributed by atoms with Crippen LogP contribution >= 0.6 is 0 Å². The van der Waals surface area contributed by atoms with Gasteiger partial charge in [0.1, 0.15) is 17.8 Å². The summed E-state index contributed by atoms with van der Waals surface area (Å²) < 4.78 is 14.3. The van der Waals surface area contributed by atoms with Gasteiger partial charge in [0.05, 0.1) is 10.6 Å². The fraction of sp³-hybridized carbons (Fsp3) is 0.294. The Balaban J connectivity index is 1.67. The van der Waals surface area contributed by atoms with E-state index in [9.17, 15) is 19.3 Å². The van der Waals surface area contributed by atoms with Gasteiger partial charge >= 0.3 is 0 Å². The second-order valence-corrected chi connectivity index (χ2v) is 5.83. The summed E-state index contributed by atoms with van der Waals surface area (Å²) in [6.45, 7) is 3.84. The van der Waals surface area contributed by atoms with Crippen molar-refractivity contribution < 1.29 is 14.1 Å². The highest BCUT2D eigenvalue weighted by atomic mass is 19.1. The van der Waals surface area contributed by atoms with E-state index in [4.69, 9.17) is 0 Å². The van der Waals surface area contributed by atoms with Crippen molar-refractivity contribution in [3.63, 3.8) is 0 Å². The highest BCUT2D eigenvalue weighted by molar-refractivity contribution is 5.94. The van der Waals surface area contributed by atoms with E-state index in [0.29, 0.717) is 43.2 Å². The molecule has 2 aromatic rings. The van der Waals surface area contributed by atoms with E-state index in [2.05, 4.69) is 4.98 Å². The standard InChI is InChI=1S/C17H17FN4O3/c1-12(23)13-2-4-16(15(18)10-13)20-6-8-21(9-7-20)17-5-3-14(11-19-17)22(24)25/h2-5,10-11H,6-9H2,1H3. The van der Waals surface area contributed by atoms with E-state index in [0.717, 1.165) is 0 Å². The van der Waals surface area contributed by atoms with E-state index in [1.165, 1.54) is 25.3 Å². The molecule has 0 saturated carbocycles. The summed E-state index contributed by atoms with van der Waals surface area (Å²) in [7, 11) is 0. The van der Waals surface area contributed by atoms with Gasteiger partial charge < -0.3 is 9.80 Å². The maximum absolute atomic E-state index is 14.3. The number of aromatic nitrogens is 1. The average Bonchev–Trinajstić information content (AvgIpc) is 2.62. The number of piperazine rings is 1. The SMILES string of the molecule is CC(=O)c1ccc(N2CCN(c3ccc([N+](=O)[O-])cn3)CC2)c(F)c1. The lowest BCUT2D eigenvalue weighted by molar-refractivity contribution is -0.385. The van der Waals surface area contributed by atoms with E-state index >= 15 is 0 Å². The van der Waals surface area contributed by atoms with Crippen LogP contribution in [0.25, 0.3) is 0 Å².